The van der Waals surface area contributed by atoms with Gasteiger partial charge in [-0.25, -0.2) is 0 Å². The molecule has 100 valence electrons. The van der Waals surface area contributed by atoms with Crippen molar-refractivity contribution in [1.82, 2.24) is 0 Å². The number of nitrogens with two attached hydrogens (primary N) is 1. The molecular weight excluding hydrogens is 222 g/mol. The van der Waals surface area contributed by atoms with Crippen molar-refractivity contribution in [2.75, 3.05) is 0 Å². The smallest absolute Gasteiger partial charge is 0.124 e. The monoisotopic (exact) mass is 247 g/mol. The molecule has 0 heterocycles. The van der Waals surface area contributed by atoms with Crippen LogP contribution in [-0.2, 0) is 5.54 Å². The Balaban J connectivity index is 2.27. The first-order chi connectivity index (χ1) is 8.55. The molecule has 1 aromatic carbocycles. The average Bonchev–Trinajstić information content (AvgIpc) is 2.72. The highest BCUT2D eigenvalue weighted by Crippen LogP contribution is 2.44. The summed E-state index contributed by atoms with van der Waals surface area (Å²) in [5.74, 6) is 1.73. The summed E-state index contributed by atoms with van der Waals surface area (Å²) in [5.41, 5.74) is 7.64. The first-order valence-corrected chi connectivity index (χ1v) is 7.10. The zero-order valence-electron chi connectivity index (χ0n) is 11.8. The Hall–Kier alpha value is -1.02. The van der Waals surface area contributed by atoms with Crippen LogP contribution in [0.25, 0.3) is 0 Å². The van der Waals surface area contributed by atoms with Crippen LogP contribution >= 0.6 is 0 Å². The third-order valence-corrected chi connectivity index (χ3v) is 4.02. The molecule has 0 amide bonds. The van der Waals surface area contributed by atoms with Crippen LogP contribution in [0.2, 0.25) is 0 Å². The molecule has 1 saturated carbocycles. The Labute approximate surface area is 111 Å². The van der Waals surface area contributed by atoms with Gasteiger partial charge in [0.15, 0.2) is 0 Å². The lowest BCUT2D eigenvalue weighted by atomic mass is 9.87. The molecule has 2 nitrogen and oxygen atoms in total. The van der Waals surface area contributed by atoms with Crippen molar-refractivity contribution in [3.05, 3.63) is 29.8 Å². The van der Waals surface area contributed by atoms with E-state index in [1.807, 2.05) is 12.1 Å². The SMILES string of the molecule is CCC1CCC(N)(c2ccccc2OC(C)C)C1. The minimum Gasteiger partial charge on any atom is -0.491 e. The molecule has 2 unspecified atom stereocenters. The largest absolute Gasteiger partial charge is 0.491 e. The molecule has 1 aliphatic rings. The van der Waals surface area contributed by atoms with E-state index >= 15 is 0 Å². The van der Waals surface area contributed by atoms with E-state index in [0.717, 1.165) is 24.5 Å². The molecule has 18 heavy (non-hydrogen) atoms. The highest BCUT2D eigenvalue weighted by molar-refractivity contribution is 5.39. The van der Waals surface area contributed by atoms with Crippen LogP contribution < -0.4 is 10.5 Å². The molecule has 0 saturated heterocycles. The summed E-state index contributed by atoms with van der Waals surface area (Å²) < 4.78 is 5.91. The molecule has 0 spiro atoms. The zero-order valence-corrected chi connectivity index (χ0v) is 11.8. The maximum Gasteiger partial charge on any atom is 0.124 e. The Morgan fingerprint density at radius 1 is 1.39 bits per heavy atom. The van der Waals surface area contributed by atoms with Gasteiger partial charge in [-0.1, -0.05) is 31.5 Å². The molecule has 0 aromatic heterocycles. The van der Waals surface area contributed by atoms with E-state index in [1.54, 1.807) is 0 Å². The van der Waals surface area contributed by atoms with Crippen molar-refractivity contribution < 1.29 is 4.74 Å². The van der Waals surface area contributed by atoms with Crippen LogP contribution in [0.1, 0.15) is 52.0 Å². The van der Waals surface area contributed by atoms with Crippen LogP contribution in [0.4, 0.5) is 0 Å². The van der Waals surface area contributed by atoms with E-state index in [1.165, 1.54) is 18.4 Å². The van der Waals surface area contributed by atoms with Gasteiger partial charge in [-0.15, -0.1) is 0 Å². The molecule has 1 fully saturated rings. The van der Waals surface area contributed by atoms with E-state index in [9.17, 15) is 0 Å². The number of benzene rings is 1. The van der Waals surface area contributed by atoms with Gasteiger partial charge < -0.3 is 10.5 Å². The van der Waals surface area contributed by atoms with Crippen LogP contribution in [0.15, 0.2) is 24.3 Å². The van der Waals surface area contributed by atoms with Gasteiger partial charge in [0.05, 0.1) is 6.10 Å². The van der Waals surface area contributed by atoms with Gasteiger partial charge in [0.2, 0.25) is 0 Å². The second kappa shape index (κ2) is 5.31. The second-order valence-corrected chi connectivity index (χ2v) is 5.84. The highest BCUT2D eigenvalue weighted by Gasteiger charge is 2.38. The number of rotatable bonds is 4. The maximum absolute atomic E-state index is 6.64. The van der Waals surface area contributed by atoms with E-state index < -0.39 is 0 Å². The minimum atomic E-state index is -0.188. The first kappa shape index (κ1) is 13.4. The number of ether oxygens (including phenoxy) is 1. The van der Waals surface area contributed by atoms with Crippen LogP contribution in [0.3, 0.4) is 0 Å². The van der Waals surface area contributed by atoms with Crippen molar-refractivity contribution in [2.24, 2.45) is 11.7 Å². The Bertz CT molecular complexity index is 402. The predicted molar refractivity (Wildman–Crippen MR) is 75.7 cm³/mol. The van der Waals surface area contributed by atoms with Crippen LogP contribution in [0, 0.1) is 5.92 Å². The summed E-state index contributed by atoms with van der Waals surface area (Å²) in [4.78, 5) is 0. The van der Waals surface area contributed by atoms with Crippen LogP contribution in [-0.4, -0.2) is 6.10 Å². The lowest BCUT2D eigenvalue weighted by Crippen LogP contribution is -2.34. The Morgan fingerprint density at radius 2 is 2.11 bits per heavy atom. The Morgan fingerprint density at radius 3 is 2.72 bits per heavy atom. The molecule has 0 aliphatic heterocycles. The van der Waals surface area contributed by atoms with Gasteiger partial charge in [-0.05, 0) is 45.1 Å². The molecule has 1 aromatic rings. The van der Waals surface area contributed by atoms with Gasteiger partial charge in [-0.2, -0.15) is 0 Å². The van der Waals surface area contributed by atoms with Crippen LogP contribution in [0.5, 0.6) is 5.75 Å². The number of para-hydroxylation sites is 1. The topological polar surface area (TPSA) is 35.2 Å². The average molecular weight is 247 g/mol. The summed E-state index contributed by atoms with van der Waals surface area (Å²) in [6, 6.07) is 8.27. The zero-order chi connectivity index (χ0) is 13.2. The second-order valence-electron chi connectivity index (χ2n) is 5.84. The summed E-state index contributed by atoms with van der Waals surface area (Å²) in [6.45, 7) is 6.37. The van der Waals surface area contributed by atoms with Gasteiger partial charge in [0.25, 0.3) is 0 Å². The fourth-order valence-electron chi connectivity index (χ4n) is 3.01. The predicted octanol–water partition coefficient (Wildman–Crippen LogP) is 3.84. The molecule has 0 bridgehead atoms. The summed E-state index contributed by atoms with van der Waals surface area (Å²) in [7, 11) is 0. The lowest BCUT2D eigenvalue weighted by Gasteiger charge is -2.28. The minimum absolute atomic E-state index is 0.188. The third kappa shape index (κ3) is 2.69. The van der Waals surface area contributed by atoms with Crippen molar-refractivity contribution in [2.45, 2.75) is 58.1 Å². The molecule has 2 heteroatoms. The quantitative estimate of drug-likeness (QED) is 0.877. The van der Waals surface area contributed by atoms with E-state index in [0.29, 0.717) is 0 Å². The van der Waals surface area contributed by atoms with Gasteiger partial charge >= 0.3 is 0 Å². The summed E-state index contributed by atoms with van der Waals surface area (Å²) in [5, 5.41) is 0. The molecular formula is C16H25NO. The molecule has 0 radical (unpaired) electrons. The standard InChI is InChI=1S/C16H25NO/c1-4-13-9-10-16(17,11-13)14-7-5-6-8-15(14)18-12(2)3/h5-8,12-13H,4,9-11,17H2,1-3H3. The van der Waals surface area contributed by atoms with Crippen molar-refractivity contribution in [3.8, 4) is 5.75 Å². The van der Waals surface area contributed by atoms with E-state index in [-0.39, 0.29) is 11.6 Å². The van der Waals surface area contributed by atoms with Gasteiger partial charge in [-0.3, -0.25) is 0 Å². The van der Waals surface area contributed by atoms with Gasteiger partial charge in [0, 0.05) is 11.1 Å². The number of hydrogen-bond acceptors (Lipinski definition) is 2. The van der Waals surface area contributed by atoms with Crippen molar-refractivity contribution in [1.29, 1.82) is 0 Å². The molecule has 2 atom stereocenters. The molecule has 2 rings (SSSR count). The molecule has 2 N–H and O–H groups in total. The van der Waals surface area contributed by atoms with Gasteiger partial charge in [0.1, 0.15) is 5.75 Å². The highest BCUT2D eigenvalue weighted by atomic mass is 16.5. The van der Waals surface area contributed by atoms with Crippen molar-refractivity contribution in [3.63, 3.8) is 0 Å². The molecule has 1 aliphatic carbocycles. The number of hydrogen-bond donors (Lipinski definition) is 1. The van der Waals surface area contributed by atoms with E-state index in [4.69, 9.17) is 10.5 Å². The maximum atomic E-state index is 6.64. The lowest BCUT2D eigenvalue weighted by molar-refractivity contribution is 0.233. The first-order valence-electron chi connectivity index (χ1n) is 7.10. The Kier molecular flexibility index (Phi) is 3.96. The summed E-state index contributed by atoms with van der Waals surface area (Å²) >= 11 is 0. The normalized spacial score (nSPS) is 27.7. The van der Waals surface area contributed by atoms with E-state index in [2.05, 4.69) is 32.9 Å². The third-order valence-electron chi connectivity index (χ3n) is 4.02. The summed E-state index contributed by atoms with van der Waals surface area (Å²) in [6.07, 6.45) is 4.82. The van der Waals surface area contributed by atoms with Crippen molar-refractivity contribution >= 4 is 0 Å². The fourth-order valence-corrected chi connectivity index (χ4v) is 3.01. The fraction of sp³-hybridized carbons (Fsp3) is 0.625.